The number of amides is 2. The number of nitrogens with zero attached hydrogens (tertiary/aromatic N) is 1. The second kappa shape index (κ2) is 12.2. The molecule has 4 aromatic rings. The van der Waals surface area contributed by atoms with Crippen molar-refractivity contribution < 1.29 is 29.1 Å². The summed E-state index contributed by atoms with van der Waals surface area (Å²) < 4.78 is 12.9. The van der Waals surface area contributed by atoms with Gasteiger partial charge in [0, 0.05) is 21.4 Å². The molecule has 7 rings (SSSR count). The van der Waals surface area contributed by atoms with Crippen LogP contribution in [0, 0.1) is 17.8 Å². The standard InChI is InChI=1S/C35H30BBrN2O6/c37-22-11-16-30(40)27(18-22)31-19-28-32-29(17-21(33(28)36(43)45-31)20-44-26-9-5-2-6-10-26)34(41)39(35(32)42)25-14-12-24(13-15-25)38-23-7-3-1-4-8-23/h1-16,18,28-29,31-32,38,40,43H,17,19-20H2/t28-,29-,31-,32+/m0/s1. The van der Waals surface area contributed by atoms with Crippen molar-refractivity contribution in [1.82, 2.24) is 0 Å². The average Bonchev–Trinajstić information content (AvgIpc) is 3.31. The maximum Gasteiger partial charge on any atom is 0.487 e. The van der Waals surface area contributed by atoms with Crippen LogP contribution >= 0.6 is 15.9 Å². The number of rotatable bonds is 7. The number of fused-ring (bicyclic) bond motifs is 3. The minimum Gasteiger partial charge on any atom is -0.508 e. The van der Waals surface area contributed by atoms with E-state index < -0.39 is 31.0 Å². The highest BCUT2D eigenvalue weighted by Crippen LogP contribution is 2.53. The molecule has 0 aromatic heterocycles. The molecule has 3 N–H and O–H groups in total. The van der Waals surface area contributed by atoms with Crippen molar-refractivity contribution in [2.24, 2.45) is 17.8 Å². The highest BCUT2D eigenvalue weighted by molar-refractivity contribution is 9.10. The SMILES string of the molecule is O=C1[C@H]2[C@H](CC(COc3ccccc3)=C3B(O)O[C@H](c4cc(Br)ccc4O)C[C@H]32)C(=O)N1c1ccc(Nc2ccccc2)cc1. The van der Waals surface area contributed by atoms with Gasteiger partial charge >= 0.3 is 7.12 Å². The monoisotopic (exact) mass is 664 g/mol. The fourth-order valence-corrected chi connectivity index (χ4v) is 7.23. The molecule has 0 saturated carbocycles. The number of para-hydroxylation sites is 2. The Labute approximate surface area is 269 Å². The van der Waals surface area contributed by atoms with E-state index in [2.05, 4.69) is 21.2 Å². The molecule has 10 heteroatoms. The number of anilines is 3. The molecule has 2 heterocycles. The summed E-state index contributed by atoms with van der Waals surface area (Å²) in [5, 5.41) is 25.4. The molecule has 0 spiro atoms. The zero-order chi connectivity index (χ0) is 31.1. The number of benzene rings is 4. The Morgan fingerprint density at radius 3 is 2.31 bits per heavy atom. The number of carbonyl (C=O) groups is 2. The van der Waals surface area contributed by atoms with Crippen LogP contribution in [0.2, 0.25) is 0 Å². The third-order valence-electron chi connectivity index (χ3n) is 8.89. The smallest absolute Gasteiger partial charge is 0.487 e. The largest absolute Gasteiger partial charge is 0.508 e. The molecular formula is C35H30BBrN2O6. The Morgan fingerprint density at radius 2 is 1.58 bits per heavy atom. The summed E-state index contributed by atoms with van der Waals surface area (Å²) in [6.45, 7) is 0.146. The third kappa shape index (κ3) is 5.65. The molecule has 0 bridgehead atoms. The molecule has 0 unspecified atom stereocenters. The summed E-state index contributed by atoms with van der Waals surface area (Å²) in [5.74, 6) is -1.69. The Balaban J connectivity index is 1.21. The van der Waals surface area contributed by atoms with Gasteiger partial charge in [0.1, 0.15) is 18.1 Å². The first-order valence-electron chi connectivity index (χ1n) is 14.9. The molecule has 4 aromatic carbocycles. The fraction of sp³-hybridized carbons (Fsp3) is 0.200. The minimum absolute atomic E-state index is 0.0301. The van der Waals surface area contributed by atoms with Gasteiger partial charge < -0.3 is 24.8 Å². The molecular weight excluding hydrogens is 635 g/mol. The van der Waals surface area contributed by atoms with Crippen molar-refractivity contribution in [3.05, 3.63) is 124 Å². The number of hydrogen-bond acceptors (Lipinski definition) is 7. The van der Waals surface area contributed by atoms with Gasteiger partial charge in [0.15, 0.2) is 0 Å². The van der Waals surface area contributed by atoms with Crippen LogP contribution in [0.4, 0.5) is 17.1 Å². The van der Waals surface area contributed by atoms with Crippen molar-refractivity contribution >= 4 is 51.9 Å². The normalized spacial score (nSPS) is 22.7. The molecule has 0 radical (unpaired) electrons. The molecule has 2 aliphatic heterocycles. The van der Waals surface area contributed by atoms with Gasteiger partial charge in [0.2, 0.25) is 11.8 Å². The lowest BCUT2D eigenvalue weighted by atomic mass is 9.55. The maximum absolute atomic E-state index is 14.2. The first-order chi connectivity index (χ1) is 21.9. The Bertz CT molecular complexity index is 1770. The van der Waals surface area contributed by atoms with E-state index in [-0.39, 0.29) is 30.6 Å². The van der Waals surface area contributed by atoms with Crippen LogP contribution in [0.5, 0.6) is 11.5 Å². The number of phenolic OH excluding ortho intramolecular Hbond substituents is 1. The number of halogens is 1. The first kappa shape index (κ1) is 29.3. The van der Waals surface area contributed by atoms with E-state index in [4.69, 9.17) is 9.39 Å². The zero-order valence-corrected chi connectivity index (χ0v) is 25.8. The number of aromatic hydroxyl groups is 1. The van der Waals surface area contributed by atoms with Crippen LogP contribution in [0.15, 0.2) is 119 Å². The van der Waals surface area contributed by atoms with Gasteiger partial charge in [-0.25, -0.2) is 0 Å². The lowest BCUT2D eigenvalue weighted by Gasteiger charge is -2.42. The predicted molar refractivity (Wildman–Crippen MR) is 175 cm³/mol. The van der Waals surface area contributed by atoms with Crippen molar-refractivity contribution in [3.8, 4) is 11.5 Å². The Kier molecular flexibility index (Phi) is 7.95. The molecule has 2 saturated heterocycles. The van der Waals surface area contributed by atoms with Crippen molar-refractivity contribution in [3.63, 3.8) is 0 Å². The summed E-state index contributed by atoms with van der Waals surface area (Å²) in [7, 11) is -1.33. The highest BCUT2D eigenvalue weighted by Gasteiger charge is 2.58. The quantitative estimate of drug-likeness (QED) is 0.151. The van der Waals surface area contributed by atoms with E-state index in [9.17, 15) is 19.7 Å². The molecule has 226 valence electrons. The van der Waals surface area contributed by atoms with Gasteiger partial charge in [-0.15, -0.1) is 0 Å². The van der Waals surface area contributed by atoms with Gasteiger partial charge in [-0.1, -0.05) is 52.3 Å². The van der Waals surface area contributed by atoms with Crippen LogP contribution in [0.25, 0.3) is 0 Å². The number of imide groups is 1. The van der Waals surface area contributed by atoms with Gasteiger partial charge in [0.05, 0.1) is 23.6 Å². The number of carbonyl (C=O) groups excluding carboxylic acids is 2. The molecule has 4 atom stereocenters. The topological polar surface area (TPSA) is 108 Å². The third-order valence-corrected chi connectivity index (χ3v) is 9.39. The summed E-state index contributed by atoms with van der Waals surface area (Å²) >= 11 is 3.45. The van der Waals surface area contributed by atoms with E-state index in [0.29, 0.717) is 28.9 Å². The van der Waals surface area contributed by atoms with Crippen molar-refractivity contribution in [1.29, 1.82) is 0 Å². The molecule has 2 amide bonds. The zero-order valence-electron chi connectivity index (χ0n) is 24.2. The molecule has 45 heavy (non-hydrogen) atoms. The van der Waals surface area contributed by atoms with Crippen LogP contribution < -0.4 is 15.0 Å². The summed E-state index contributed by atoms with van der Waals surface area (Å²) in [4.78, 5) is 29.5. The van der Waals surface area contributed by atoms with E-state index in [1.54, 1.807) is 30.3 Å². The summed E-state index contributed by atoms with van der Waals surface area (Å²) in [6, 6.07) is 31.3. The van der Waals surface area contributed by atoms with E-state index in [1.807, 2.05) is 72.8 Å². The predicted octanol–water partition coefficient (Wildman–Crippen LogP) is 6.58. The van der Waals surface area contributed by atoms with Gasteiger partial charge in [0.25, 0.3) is 0 Å². The van der Waals surface area contributed by atoms with Crippen molar-refractivity contribution in [2.45, 2.75) is 18.9 Å². The fourth-order valence-electron chi connectivity index (χ4n) is 6.85. The van der Waals surface area contributed by atoms with Crippen LogP contribution in [0.3, 0.4) is 0 Å². The van der Waals surface area contributed by atoms with Crippen molar-refractivity contribution in [2.75, 3.05) is 16.8 Å². The molecule has 1 aliphatic carbocycles. The first-order valence-corrected chi connectivity index (χ1v) is 15.7. The Hall–Kier alpha value is -4.38. The van der Waals surface area contributed by atoms with Gasteiger partial charge in [-0.2, -0.15) is 0 Å². The summed E-state index contributed by atoms with van der Waals surface area (Å²) in [5.41, 5.74) is 4.09. The number of phenols is 1. The van der Waals surface area contributed by atoms with Gasteiger partial charge in [-0.3, -0.25) is 14.5 Å². The van der Waals surface area contributed by atoms with E-state index in [1.165, 1.54) is 4.90 Å². The lowest BCUT2D eigenvalue weighted by molar-refractivity contribution is -0.123. The van der Waals surface area contributed by atoms with Crippen LogP contribution in [-0.2, 0) is 14.2 Å². The highest BCUT2D eigenvalue weighted by atomic mass is 79.9. The minimum atomic E-state index is -1.33. The van der Waals surface area contributed by atoms with E-state index >= 15 is 0 Å². The second-order valence-electron chi connectivity index (χ2n) is 11.6. The van der Waals surface area contributed by atoms with Gasteiger partial charge in [-0.05, 0) is 96.5 Å². The number of hydrogen-bond donors (Lipinski definition) is 3. The second-order valence-corrected chi connectivity index (χ2v) is 12.5. The van der Waals surface area contributed by atoms with Crippen LogP contribution in [-0.4, -0.2) is 35.7 Å². The van der Waals surface area contributed by atoms with E-state index in [0.717, 1.165) is 21.4 Å². The lowest BCUT2D eigenvalue weighted by Crippen LogP contribution is -2.45. The number of nitrogens with one attached hydrogen (secondary N) is 1. The summed E-state index contributed by atoms with van der Waals surface area (Å²) in [6.07, 6.45) is -0.119. The molecule has 2 fully saturated rings. The van der Waals surface area contributed by atoms with Crippen LogP contribution in [0.1, 0.15) is 24.5 Å². The number of allylic oxidation sites excluding steroid dienone is 1. The average molecular weight is 665 g/mol. The number of ether oxygens (including phenoxy) is 1. The Morgan fingerprint density at radius 1 is 0.889 bits per heavy atom. The molecule has 8 nitrogen and oxygen atoms in total. The molecule has 3 aliphatic rings. The maximum atomic E-state index is 14.2.